The molecule has 1 atom stereocenters. The van der Waals surface area contributed by atoms with Crippen LogP contribution in [0.5, 0.6) is 0 Å². The molecule has 2 aromatic rings. The lowest BCUT2D eigenvalue weighted by molar-refractivity contribution is -0.129. The predicted octanol–water partition coefficient (Wildman–Crippen LogP) is 3.04. The van der Waals surface area contributed by atoms with Gasteiger partial charge >= 0.3 is 5.97 Å². The van der Waals surface area contributed by atoms with Crippen molar-refractivity contribution >= 4 is 21.9 Å². The Morgan fingerprint density at radius 1 is 1.06 bits per heavy atom. The van der Waals surface area contributed by atoms with E-state index < -0.39 is 22.1 Å². The molecule has 0 unspecified atom stereocenters. The van der Waals surface area contributed by atoms with Crippen LogP contribution in [-0.4, -0.2) is 43.3 Å². The molecule has 0 radical (unpaired) electrons. The molecular formula is C24H28N2O5S. The van der Waals surface area contributed by atoms with Crippen LogP contribution in [0.25, 0.3) is 0 Å². The van der Waals surface area contributed by atoms with Crippen molar-refractivity contribution in [2.45, 2.75) is 62.6 Å². The summed E-state index contributed by atoms with van der Waals surface area (Å²) in [7, 11) is -3.78. The number of hydrogen-bond acceptors (Lipinski definition) is 5. The highest BCUT2D eigenvalue weighted by molar-refractivity contribution is 7.89. The Bertz CT molecular complexity index is 1110. The van der Waals surface area contributed by atoms with Crippen LogP contribution >= 0.6 is 0 Å². The molecule has 2 aromatic carbocycles. The van der Waals surface area contributed by atoms with E-state index in [0.717, 1.165) is 36.8 Å². The Labute approximate surface area is 188 Å². The van der Waals surface area contributed by atoms with Crippen LogP contribution in [0.15, 0.2) is 53.4 Å². The molecule has 0 aromatic heterocycles. The number of ether oxygens (including phenoxy) is 1. The third kappa shape index (κ3) is 4.86. The summed E-state index contributed by atoms with van der Waals surface area (Å²) < 4.78 is 33.1. The standard InChI is InChI=1S/C24H28N2O5S/c1-17(23(27)25-21-10-4-5-11-21)31-24(28)19-9-6-12-22(15-19)32(29,30)26-14-13-18-7-2-3-8-20(18)16-26/h2-3,6-9,12,15,17,21H,4-5,10-11,13-14,16H2,1H3,(H,25,27)/t17-/m1/s1. The number of fused-ring (bicyclic) bond motifs is 1. The van der Waals surface area contributed by atoms with Crippen molar-refractivity contribution in [1.82, 2.24) is 9.62 Å². The normalized spacial score (nSPS) is 18.0. The maximum absolute atomic E-state index is 13.2. The minimum Gasteiger partial charge on any atom is -0.449 e. The van der Waals surface area contributed by atoms with Crippen LogP contribution in [0, 0.1) is 0 Å². The van der Waals surface area contributed by atoms with Crippen LogP contribution in [0.4, 0.5) is 0 Å². The molecule has 7 nitrogen and oxygen atoms in total. The van der Waals surface area contributed by atoms with Gasteiger partial charge in [-0.1, -0.05) is 43.2 Å². The molecule has 8 heteroatoms. The summed E-state index contributed by atoms with van der Waals surface area (Å²) in [5.41, 5.74) is 2.24. The van der Waals surface area contributed by atoms with Crippen molar-refractivity contribution < 1.29 is 22.7 Å². The maximum atomic E-state index is 13.2. The highest BCUT2D eigenvalue weighted by atomic mass is 32.2. The molecule has 1 heterocycles. The molecule has 1 fully saturated rings. The lowest BCUT2D eigenvalue weighted by Crippen LogP contribution is -2.40. The lowest BCUT2D eigenvalue weighted by atomic mass is 10.0. The number of nitrogens with zero attached hydrogens (tertiary/aromatic N) is 1. The number of hydrogen-bond donors (Lipinski definition) is 1. The van der Waals surface area contributed by atoms with Crippen molar-refractivity contribution in [1.29, 1.82) is 0 Å². The molecule has 2 aliphatic rings. The van der Waals surface area contributed by atoms with Gasteiger partial charge in [-0.05, 0) is 55.5 Å². The smallest absolute Gasteiger partial charge is 0.338 e. The zero-order valence-electron chi connectivity index (χ0n) is 18.1. The molecule has 170 valence electrons. The van der Waals surface area contributed by atoms with Gasteiger partial charge in [-0.3, -0.25) is 4.79 Å². The number of benzene rings is 2. The summed E-state index contributed by atoms with van der Waals surface area (Å²) in [6, 6.07) is 13.7. The fraction of sp³-hybridized carbons (Fsp3) is 0.417. The fourth-order valence-corrected chi connectivity index (χ4v) is 5.74. The van der Waals surface area contributed by atoms with Gasteiger partial charge in [0, 0.05) is 19.1 Å². The molecule has 1 amide bonds. The third-order valence-electron chi connectivity index (χ3n) is 6.16. The van der Waals surface area contributed by atoms with E-state index in [2.05, 4.69) is 5.32 Å². The molecule has 0 spiro atoms. The minimum atomic E-state index is -3.78. The van der Waals surface area contributed by atoms with E-state index in [1.165, 1.54) is 35.5 Å². The first-order chi connectivity index (χ1) is 15.3. The average Bonchev–Trinajstić information content (AvgIpc) is 3.31. The van der Waals surface area contributed by atoms with Gasteiger partial charge in [-0.25, -0.2) is 13.2 Å². The van der Waals surface area contributed by atoms with E-state index in [1.807, 2.05) is 24.3 Å². The molecule has 0 bridgehead atoms. The fourth-order valence-electron chi connectivity index (χ4n) is 4.28. The summed E-state index contributed by atoms with van der Waals surface area (Å²) in [6.45, 7) is 2.20. The van der Waals surface area contributed by atoms with Gasteiger partial charge in [-0.15, -0.1) is 0 Å². The summed E-state index contributed by atoms with van der Waals surface area (Å²) in [5.74, 6) is -1.05. The number of rotatable bonds is 6. The van der Waals surface area contributed by atoms with Crippen molar-refractivity contribution in [3.05, 3.63) is 65.2 Å². The number of esters is 1. The second kappa shape index (κ2) is 9.42. The summed E-state index contributed by atoms with van der Waals surface area (Å²) in [4.78, 5) is 24.9. The maximum Gasteiger partial charge on any atom is 0.338 e. The van der Waals surface area contributed by atoms with Crippen molar-refractivity contribution in [2.75, 3.05) is 6.54 Å². The Kier molecular flexibility index (Phi) is 6.62. The van der Waals surface area contributed by atoms with E-state index in [0.29, 0.717) is 19.5 Å². The van der Waals surface area contributed by atoms with E-state index in [-0.39, 0.29) is 22.4 Å². The van der Waals surface area contributed by atoms with Crippen molar-refractivity contribution in [2.24, 2.45) is 0 Å². The first-order valence-electron chi connectivity index (χ1n) is 11.0. The monoisotopic (exact) mass is 456 g/mol. The third-order valence-corrected chi connectivity index (χ3v) is 8.00. The first kappa shape index (κ1) is 22.5. The van der Waals surface area contributed by atoms with E-state index in [9.17, 15) is 18.0 Å². The number of amides is 1. The molecule has 1 aliphatic heterocycles. The summed E-state index contributed by atoms with van der Waals surface area (Å²) >= 11 is 0. The predicted molar refractivity (Wildman–Crippen MR) is 119 cm³/mol. The molecule has 4 rings (SSSR count). The second-order valence-electron chi connectivity index (χ2n) is 8.42. The van der Waals surface area contributed by atoms with E-state index in [1.54, 1.807) is 0 Å². The second-order valence-corrected chi connectivity index (χ2v) is 10.4. The van der Waals surface area contributed by atoms with E-state index in [4.69, 9.17) is 4.74 Å². The van der Waals surface area contributed by atoms with E-state index >= 15 is 0 Å². The highest BCUT2D eigenvalue weighted by Gasteiger charge is 2.29. The zero-order valence-corrected chi connectivity index (χ0v) is 18.9. The van der Waals surface area contributed by atoms with Gasteiger partial charge in [0.1, 0.15) is 0 Å². The van der Waals surface area contributed by atoms with Gasteiger partial charge in [0.2, 0.25) is 10.0 Å². The van der Waals surface area contributed by atoms with Crippen LogP contribution in [0.3, 0.4) is 0 Å². The number of nitrogens with one attached hydrogen (secondary N) is 1. The molecule has 32 heavy (non-hydrogen) atoms. The minimum absolute atomic E-state index is 0.0365. The largest absolute Gasteiger partial charge is 0.449 e. The van der Waals surface area contributed by atoms with Gasteiger partial charge < -0.3 is 10.1 Å². The van der Waals surface area contributed by atoms with Crippen LogP contribution in [0.1, 0.15) is 54.1 Å². The molecule has 0 saturated heterocycles. The summed E-state index contributed by atoms with van der Waals surface area (Å²) in [6.07, 6.45) is 3.74. The molecular weight excluding hydrogens is 428 g/mol. The number of sulfonamides is 1. The van der Waals surface area contributed by atoms with Gasteiger partial charge in [0.25, 0.3) is 5.91 Å². The van der Waals surface area contributed by atoms with Gasteiger partial charge in [0.15, 0.2) is 6.10 Å². The Balaban J connectivity index is 1.44. The summed E-state index contributed by atoms with van der Waals surface area (Å²) in [5, 5.41) is 2.90. The van der Waals surface area contributed by atoms with Crippen LogP contribution in [0.2, 0.25) is 0 Å². The van der Waals surface area contributed by atoms with Crippen molar-refractivity contribution in [3.63, 3.8) is 0 Å². The Morgan fingerprint density at radius 2 is 1.78 bits per heavy atom. The zero-order chi connectivity index (χ0) is 22.7. The number of carbonyl (C=O) groups is 2. The van der Waals surface area contributed by atoms with Crippen molar-refractivity contribution in [3.8, 4) is 0 Å². The highest BCUT2D eigenvalue weighted by Crippen LogP contribution is 2.25. The number of carbonyl (C=O) groups excluding carboxylic acids is 2. The SMILES string of the molecule is C[C@@H](OC(=O)c1cccc(S(=O)(=O)N2CCc3ccccc3C2)c1)C(=O)NC1CCCC1. The topological polar surface area (TPSA) is 92.8 Å². The average molecular weight is 457 g/mol. The Hall–Kier alpha value is -2.71. The quantitative estimate of drug-likeness (QED) is 0.675. The van der Waals surface area contributed by atoms with Gasteiger partial charge in [0.05, 0.1) is 10.5 Å². The molecule has 1 aliphatic carbocycles. The molecule has 1 N–H and O–H groups in total. The lowest BCUT2D eigenvalue weighted by Gasteiger charge is -2.28. The molecule has 1 saturated carbocycles. The van der Waals surface area contributed by atoms with Gasteiger partial charge in [-0.2, -0.15) is 4.31 Å². The first-order valence-corrected chi connectivity index (χ1v) is 12.5. The van der Waals surface area contributed by atoms with Crippen LogP contribution in [-0.2, 0) is 32.5 Å². The van der Waals surface area contributed by atoms with Crippen LogP contribution < -0.4 is 5.32 Å². The Morgan fingerprint density at radius 3 is 2.53 bits per heavy atom.